The molecular formula is C22H18ClNO3. The molecule has 0 bridgehead atoms. The Balaban J connectivity index is 1.77. The number of anilines is 1. The van der Waals surface area contributed by atoms with Gasteiger partial charge in [-0.15, -0.1) is 0 Å². The van der Waals surface area contributed by atoms with Gasteiger partial charge >= 0.3 is 5.97 Å². The molecule has 136 valence electrons. The van der Waals surface area contributed by atoms with Gasteiger partial charge in [0.05, 0.1) is 0 Å². The largest absolute Gasteiger partial charge is 0.460 e. The van der Waals surface area contributed by atoms with Gasteiger partial charge in [0.1, 0.15) is 6.61 Å². The minimum atomic E-state index is -1.06. The minimum Gasteiger partial charge on any atom is -0.460 e. The third kappa shape index (κ3) is 5.19. The Bertz CT molecular complexity index is 896. The van der Waals surface area contributed by atoms with Crippen molar-refractivity contribution in [2.45, 2.75) is 12.5 Å². The van der Waals surface area contributed by atoms with E-state index in [1.54, 1.807) is 48.5 Å². The van der Waals surface area contributed by atoms with Crippen LogP contribution in [0.2, 0.25) is 5.02 Å². The second-order valence-electron chi connectivity index (χ2n) is 5.93. The predicted molar refractivity (Wildman–Crippen MR) is 106 cm³/mol. The lowest BCUT2D eigenvalue weighted by atomic mass is 9.98. The van der Waals surface area contributed by atoms with Gasteiger partial charge in [-0.25, -0.2) is 0 Å². The average molecular weight is 380 g/mol. The molecule has 1 amide bonds. The van der Waals surface area contributed by atoms with Crippen molar-refractivity contribution in [2.75, 3.05) is 5.32 Å². The lowest BCUT2D eigenvalue weighted by Gasteiger charge is -2.16. The van der Waals surface area contributed by atoms with Crippen LogP contribution in [-0.4, -0.2) is 11.9 Å². The Morgan fingerprint density at radius 2 is 1.44 bits per heavy atom. The second-order valence-corrected chi connectivity index (χ2v) is 6.37. The summed E-state index contributed by atoms with van der Waals surface area (Å²) in [5.74, 6) is -2.12. The molecule has 4 nitrogen and oxygen atoms in total. The van der Waals surface area contributed by atoms with Crippen LogP contribution in [0.4, 0.5) is 5.69 Å². The number of ether oxygens (including phenoxy) is 1. The fourth-order valence-electron chi connectivity index (χ4n) is 2.60. The Labute approximate surface area is 162 Å². The molecule has 0 aromatic heterocycles. The number of nitrogens with one attached hydrogen (secondary N) is 1. The van der Waals surface area contributed by atoms with E-state index in [2.05, 4.69) is 5.32 Å². The van der Waals surface area contributed by atoms with Crippen LogP contribution < -0.4 is 5.32 Å². The molecule has 3 aromatic carbocycles. The first kappa shape index (κ1) is 18.7. The van der Waals surface area contributed by atoms with Crippen LogP contribution in [-0.2, 0) is 20.9 Å². The van der Waals surface area contributed by atoms with Gasteiger partial charge in [0.2, 0.25) is 5.91 Å². The summed E-state index contributed by atoms with van der Waals surface area (Å²) in [7, 11) is 0. The molecular weight excluding hydrogens is 362 g/mol. The maximum absolute atomic E-state index is 12.8. The molecule has 1 N–H and O–H groups in total. The molecule has 0 heterocycles. The monoisotopic (exact) mass is 379 g/mol. The molecule has 0 unspecified atom stereocenters. The summed E-state index contributed by atoms with van der Waals surface area (Å²) in [4.78, 5) is 25.5. The lowest BCUT2D eigenvalue weighted by molar-refractivity contribution is -0.149. The number of amides is 1. The summed E-state index contributed by atoms with van der Waals surface area (Å²) >= 11 is 5.87. The van der Waals surface area contributed by atoms with Crippen molar-refractivity contribution in [2.24, 2.45) is 0 Å². The van der Waals surface area contributed by atoms with Crippen LogP contribution in [0.1, 0.15) is 17.0 Å². The van der Waals surface area contributed by atoms with E-state index in [0.717, 1.165) is 5.56 Å². The van der Waals surface area contributed by atoms with Crippen molar-refractivity contribution in [1.82, 2.24) is 0 Å². The van der Waals surface area contributed by atoms with Crippen LogP contribution >= 0.6 is 11.6 Å². The lowest BCUT2D eigenvalue weighted by Crippen LogP contribution is -2.29. The summed E-state index contributed by atoms with van der Waals surface area (Å²) in [6.45, 7) is 0.108. The Kier molecular flexibility index (Phi) is 6.23. The fourth-order valence-corrected chi connectivity index (χ4v) is 2.73. The standard InChI is InChI=1S/C22H18ClNO3/c23-18-11-13-19(14-12-18)24-21(25)20(17-9-5-2-6-10-17)22(26)27-15-16-7-3-1-4-8-16/h1-14,20H,15H2,(H,24,25)/t20-/m1/s1. The third-order valence-corrected chi connectivity index (χ3v) is 4.22. The first-order chi connectivity index (χ1) is 13.1. The number of carbonyl (C=O) groups excluding carboxylic acids is 2. The van der Waals surface area contributed by atoms with E-state index >= 15 is 0 Å². The maximum Gasteiger partial charge on any atom is 0.323 e. The highest BCUT2D eigenvalue weighted by Crippen LogP contribution is 2.22. The molecule has 5 heteroatoms. The van der Waals surface area contributed by atoms with Gasteiger partial charge in [0.15, 0.2) is 5.92 Å². The molecule has 0 spiro atoms. The van der Waals surface area contributed by atoms with Crippen molar-refractivity contribution in [3.05, 3.63) is 101 Å². The molecule has 27 heavy (non-hydrogen) atoms. The van der Waals surface area contributed by atoms with E-state index in [-0.39, 0.29) is 6.61 Å². The van der Waals surface area contributed by atoms with Gasteiger partial charge in [-0.2, -0.15) is 0 Å². The summed E-state index contributed by atoms with van der Waals surface area (Å²) in [6, 6.07) is 24.9. The number of rotatable bonds is 6. The number of halogens is 1. The smallest absolute Gasteiger partial charge is 0.323 e. The van der Waals surface area contributed by atoms with Crippen molar-refractivity contribution in [3.63, 3.8) is 0 Å². The van der Waals surface area contributed by atoms with Gasteiger partial charge in [0, 0.05) is 10.7 Å². The number of carbonyl (C=O) groups is 2. The van der Waals surface area contributed by atoms with Crippen molar-refractivity contribution >= 4 is 29.2 Å². The number of benzene rings is 3. The quantitative estimate of drug-likeness (QED) is 0.494. The van der Waals surface area contributed by atoms with Gasteiger partial charge in [-0.05, 0) is 35.4 Å². The van der Waals surface area contributed by atoms with Gasteiger partial charge in [-0.1, -0.05) is 72.3 Å². The number of hydrogen-bond acceptors (Lipinski definition) is 3. The van der Waals surface area contributed by atoms with Gasteiger partial charge < -0.3 is 10.1 Å². The zero-order chi connectivity index (χ0) is 19.1. The second kappa shape index (κ2) is 9.01. The molecule has 0 radical (unpaired) electrons. The van der Waals surface area contributed by atoms with Crippen molar-refractivity contribution in [1.29, 1.82) is 0 Å². The Morgan fingerprint density at radius 1 is 0.852 bits per heavy atom. The first-order valence-corrected chi connectivity index (χ1v) is 8.83. The summed E-state index contributed by atoms with van der Waals surface area (Å²) in [5, 5.41) is 3.31. The molecule has 0 aliphatic carbocycles. The average Bonchev–Trinajstić information content (AvgIpc) is 2.70. The highest BCUT2D eigenvalue weighted by atomic mass is 35.5. The summed E-state index contributed by atoms with van der Waals surface area (Å²) < 4.78 is 5.40. The molecule has 0 fully saturated rings. The highest BCUT2D eigenvalue weighted by molar-refractivity contribution is 6.30. The van der Waals surface area contributed by atoms with Crippen LogP contribution in [0.5, 0.6) is 0 Å². The molecule has 1 atom stereocenters. The Hall–Kier alpha value is -3.11. The normalized spacial score (nSPS) is 11.4. The topological polar surface area (TPSA) is 55.4 Å². The minimum absolute atomic E-state index is 0.108. The van der Waals surface area contributed by atoms with Gasteiger partial charge in [0.25, 0.3) is 0 Å². The zero-order valence-electron chi connectivity index (χ0n) is 14.5. The van der Waals surface area contributed by atoms with E-state index < -0.39 is 17.8 Å². The predicted octanol–water partition coefficient (Wildman–Crippen LogP) is 4.81. The van der Waals surface area contributed by atoms with Crippen molar-refractivity contribution in [3.8, 4) is 0 Å². The van der Waals surface area contributed by atoms with Crippen LogP contribution in [0.3, 0.4) is 0 Å². The van der Waals surface area contributed by atoms with Crippen molar-refractivity contribution < 1.29 is 14.3 Å². The van der Waals surface area contributed by atoms with E-state index in [1.807, 2.05) is 36.4 Å². The van der Waals surface area contributed by atoms with E-state index in [0.29, 0.717) is 16.3 Å². The summed E-state index contributed by atoms with van der Waals surface area (Å²) in [6.07, 6.45) is 0. The van der Waals surface area contributed by atoms with Crippen LogP contribution in [0, 0.1) is 0 Å². The SMILES string of the molecule is O=C(Nc1ccc(Cl)cc1)[C@H](C(=O)OCc1ccccc1)c1ccccc1. The number of hydrogen-bond donors (Lipinski definition) is 1. The molecule has 0 aliphatic rings. The van der Waals surface area contributed by atoms with Gasteiger partial charge in [-0.3, -0.25) is 9.59 Å². The zero-order valence-corrected chi connectivity index (χ0v) is 15.2. The molecule has 3 aromatic rings. The molecule has 0 aliphatic heterocycles. The van der Waals surface area contributed by atoms with E-state index in [9.17, 15) is 9.59 Å². The first-order valence-electron chi connectivity index (χ1n) is 8.45. The Morgan fingerprint density at radius 3 is 2.07 bits per heavy atom. The fraction of sp³-hybridized carbons (Fsp3) is 0.0909. The van der Waals surface area contributed by atoms with Crippen LogP contribution in [0.15, 0.2) is 84.9 Å². The summed E-state index contributed by atoms with van der Waals surface area (Å²) in [5.41, 5.74) is 1.99. The molecule has 0 saturated heterocycles. The number of esters is 1. The maximum atomic E-state index is 12.8. The third-order valence-electron chi connectivity index (χ3n) is 3.97. The molecule has 0 saturated carbocycles. The highest BCUT2D eigenvalue weighted by Gasteiger charge is 2.30. The van der Waals surface area contributed by atoms with Crippen LogP contribution in [0.25, 0.3) is 0 Å². The van der Waals surface area contributed by atoms with E-state index in [4.69, 9.17) is 16.3 Å². The van der Waals surface area contributed by atoms with E-state index in [1.165, 1.54) is 0 Å². The molecule has 3 rings (SSSR count).